The topological polar surface area (TPSA) is 44.8 Å². The number of carbonyl (C=O) groups excluding carboxylic acids is 1. The van der Waals surface area contributed by atoms with Gasteiger partial charge in [0.15, 0.2) is 17.6 Å². The second kappa shape index (κ2) is 6.78. The van der Waals surface area contributed by atoms with Gasteiger partial charge in [-0.25, -0.2) is 8.78 Å². The summed E-state index contributed by atoms with van der Waals surface area (Å²) in [4.78, 5) is 10.7. The molecule has 0 N–H and O–H groups in total. The van der Waals surface area contributed by atoms with Gasteiger partial charge in [0.1, 0.15) is 19.6 Å². The molecule has 100 valence electrons. The Hall–Kier alpha value is -1.85. The molecule has 0 fully saturated rings. The van der Waals surface area contributed by atoms with E-state index in [1.54, 1.807) is 0 Å². The molecule has 0 aliphatic carbocycles. The van der Waals surface area contributed by atoms with Crippen molar-refractivity contribution in [3.8, 4) is 17.2 Å². The molecule has 0 radical (unpaired) electrons. The van der Waals surface area contributed by atoms with E-state index in [4.69, 9.17) is 14.2 Å². The molecule has 0 bridgehead atoms. The molecule has 0 spiro atoms. The average molecular weight is 260 g/mol. The largest absolute Gasteiger partial charge is 0.493 e. The van der Waals surface area contributed by atoms with E-state index < -0.39 is 19.5 Å². The molecule has 1 aromatic carbocycles. The number of aldehydes is 1. The zero-order valence-corrected chi connectivity index (χ0v) is 10.1. The van der Waals surface area contributed by atoms with E-state index in [1.807, 2.05) is 0 Å². The van der Waals surface area contributed by atoms with Gasteiger partial charge in [0.05, 0.1) is 14.2 Å². The molecule has 0 saturated carbocycles. The van der Waals surface area contributed by atoms with Crippen LogP contribution in [0.25, 0.3) is 0 Å². The Labute approximate surface area is 103 Å². The van der Waals surface area contributed by atoms with Crippen molar-refractivity contribution >= 4 is 6.29 Å². The highest BCUT2D eigenvalue weighted by molar-refractivity contribution is 5.78. The Balaban J connectivity index is 3.17. The third-order valence-corrected chi connectivity index (χ3v) is 2.25. The highest BCUT2D eigenvalue weighted by Crippen LogP contribution is 2.38. The molecule has 18 heavy (non-hydrogen) atoms. The molecule has 1 rings (SSSR count). The van der Waals surface area contributed by atoms with Gasteiger partial charge in [-0.3, -0.25) is 4.79 Å². The van der Waals surface area contributed by atoms with Crippen LogP contribution in [0.2, 0.25) is 0 Å². The predicted molar refractivity (Wildman–Crippen MR) is 61.3 cm³/mol. The van der Waals surface area contributed by atoms with E-state index in [0.717, 1.165) is 0 Å². The van der Waals surface area contributed by atoms with Crippen molar-refractivity contribution in [1.29, 1.82) is 0 Å². The number of rotatable bonds is 7. The lowest BCUT2D eigenvalue weighted by Crippen LogP contribution is -2.21. The van der Waals surface area contributed by atoms with Crippen molar-refractivity contribution in [3.63, 3.8) is 0 Å². The first-order chi connectivity index (χ1) is 8.69. The molecule has 0 atom stereocenters. The zero-order valence-electron chi connectivity index (χ0n) is 10.1. The molecule has 1 aromatic rings. The molecule has 0 aromatic heterocycles. The first-order valence-electron chi connectivity index (χ1n) is 5.19. The van der Waals surface area contributed by atoms with Crippen LogP contribution in [0, 0.1) is 0 Å². The molecule has 0 aliphatic rings. The van der Waals surface area contributed by atoms with Gasteiger partial charge in [-0.15, -0.1) is 0 Å². The summed E-state index contributed by atoms with van der Waals surface area (Å²) in [6.07, 6.45) is -0.619. The lowest BCUT2D eigenvalue weighted by molar-refractivity contribution is 0.112. The molecule has 0 heterocycles. The molecule has 6 heteroatoms. The number of carbonyl (C=O) groups is 1. The summed E-state index contributed by atoms with van der Waals surface area (Å²) >= 11 is 0. The van der Waals surface area contributed by atoms with Crippen LogP contribution in [-0.4, -0.2) is 40.0 Å². The van der Waals surface area contributed by atoms with Crippen LogP contribution in [0.1, 0.15) is 10.4 Å². The van der Waals surface area contributed by atoms with Crippen LogP contribution in [0.4, 0.5) is 8.78 Å². The average Bonchev–Trinajstić information content (AvgIpc) is 2.43. The van der Waals surface area contributed by atoms with Gasteiger partial charge in [0.25, 0.3) is 0 Å². The summed E-state index contributed by atoms with van der Waals surface area (Å²) in [5.41, 5.74) is 0.313. The quantitative estimate of drug-likeness (QED) is 0.705. The van der Waals surface area contributed by atoms with E-state index in [2.05, 4.69) is 0 Å². The van der Waals surface area contributed by atoms with Crippen LogP contribution in [0.5, 0.6) is 17.2 Å². The number of hydrogen-bond acceptors (Lipinski definition) is 4. The number of halogens is 2. The van der Waals surface area contributed by atoms with E-state index >= 15 is 0 Å². The second-order valence-electron chi connectivity index (χ2n) is 3.42. The molecular weight excluding hydrogens is 246 g/mol. The van der Waals surface area contributed by atoms with E-state index in [1.165, 1.54) is 26.4 Å². The Morgan fingerprint density at radius 1 is 1.17 bits per heavy atom. The maximum atomic E-state index is 12.5. The minimum atomic E-state index is -1.23. The van der Waals surface area contributed by atoms with Gasteiger partial charge < -0.3 is 14.2 Å². The predicted octanol–water partition coefficient (Wildman–Crippen LogP) is 2.20. The summed E-state index contributed by atoms with van der Waals surface area (Å²) < 4.78 is 40.1. The lowest BCUT2D eigenvalue weighted by Gasteiger charge is -2.18. The Bertz CT molecular complexity index is 380. The van der Waals surface area contributed by atoms with Crippen molar-refractivity contribution in [2.75, 3.05) is 27.6 Å². The van der Waals surface area contributed by atoms with Gasteiger partial charge in [-0.05, 0) is 12.1 Å². The molecular formula is C12H14F2O4. The standard InChI is InChI=1S/C12H14F2O4/c1-16-10-3-8(7-15)4-11(17-2)12(10)18-9(5-13)6-14/h3-4,7,9H,5-6H2,1-2H3. The fourth-order valence-electron chi connectivity index (χ4n) is 1.36. The van der Waals surface area contributed by atoms with Crippen LogP contribution in [-0.2, 0) is 0 Å². The fraction of sp³-hybridized carbons (Fsp3) is 0.417. The summed E-state index contributed by atoms with van der Waals surface area (Å²) in [7, 11) is 2.71. The highest BCUT2D eigenvalue weighted by atomic mass is 19.1. The molecule has 4 nitrogen and oxygen atoms in total. The van der Waals surface area contributed by atoms with Crippen LogP contribution < -0.4 is 14.2 Å². The van der Waals surface area contributed by atoms with Gasteiger partial charge >= 0.3 is 0 Å². The highest BCUT2D eigenvalue weighted by Gasteiger charge is 2.19. The van der Waals surface area contributed by atoms with Crippen molar-refractivity contribution < 1.29 is 27.8 Å². The lowest BCUT2D eigenvalue weighted by atomic mass is 10.2. The maximum Gasteiger partial charge on any atom is 0.204 e. The van der Waals surface area contributed by atoms with E-state index in [9.17, 15) is 13.6 Å². The third-order valence-electron chi connectivity index (χ3n) is 2.25. The Morgan fingerprint density at radius 3 is 2.00 bits per heavy atom. The smallest absolute Gasteiger partial charge is 0.204 e. The maximum absolute atomic E-state index is 12.5. The SMILES string of the molecule is COc1cc(C=O)cc(OC)c1OC(CF)CF. The number of benzene rings is 1. The molecule has 0 amide bonds. The van der Waals surface area contributed by atoms with Crippen LogP contribution in [0.15, 0.2) is 12.1 Å². The summed E-state index contributed by atoms with van der Waals surface area (Å²) in [5, 5.41) is 0. The first kappa shape index (κ1) is 14.2. The summed E-state index contributed by atoms with van der Waals surface area (Å²) in [6, 6.07) is 2.80. The molecule has 0 saturated heterocycles. The molecule has 0 unspecified atom stereocenters. The van der Waals surface area contributed by atoms with Crippen LogP contribution in [0.3, 0.4) is 0 Å². The van der Waals surface area contributed by atoms with E-state index in [-0.39, 0.29) is 17.2 Å². The third kappa shape index (κ3) is 3.09. The van der Waals surface area contributed by atoms with Gasteiger partial charge in [0.2, 0.25) is 5.75 Å². The van der Waals surface area contributed by atoms with Crippen molar-refractivity contribution in [3.05, 3.63) is 17.7 Å². The Morgan fingerprint density at radius 2 is 1.67 bits per heavy atom. The van der Waals surface area contributed by atoms with Crippen molar-refractivity contribution in [2.24, 2.45) is 0 Å². The summed E-state index contributed by atoms with van der Waals surface area (Å²) in [5.74, 6) is 0.442. The van der Waals surface area contributed by atoms with Crippen molar-refractivity contribution in [1.82, 2.24) is 0 Å². The second-order valence-corrected chi connectivity index (χ2v) is 3.42. The molecule has 0 aliphatic heterocycles. The van der Waals surface area contributed by atoms with Crippen LogP contribution >= 0.6 is 0 Å². The van der Waals surface area contributed by atoms with Crippen molar-refractivity contribution in [2.45, 2.75) is 6.10 Å². The van der Waals surface area contributed by atoms with Gasteiger partial charge in [-0.1, -0.05) is 0 Å². The fourth-order valence-corrected chi connectivity index (χ4v) is 1.36. The first-order valence-corrected chi connectivity index (χ1v) is 5.19. The van der Waals surface area contributed by atoms with Gasteiger partial charge in [0, 0.05) is 5.56 Å². The number of methoxy groups -OCH3 is 2. The normalized spacial score (nSPS) is 10.3. The minimum Gasteiger partial charge on any atom is -0.493 e. The zero-order chi connectivity index (χ0) is 13.5. The number of hydrogen-bond donors (Lipinski definition) is 0. The number of ether oxygens (including phenoxy) is 3. The van der Waals surface area contributed by atoms with E-state index in [0.29, 0.717) is 11.8 Å². The summed E-state index contributed by atoms with van der Waals surface area (Å²) in [6.45, 7) is -1.95. The monoisotopic (exact) mass is 260 g/mol. The minimum absolute atomic E-state index is 0.0749. The number of alkyl halides is 2. The Kier molecular flexibility index (Phi) is 5.35. The van der Waals surface area contributed by atoms with Gasteiger partial charge in [-0.2, -0.15) is 0 Å².